The molecule has 30 heavy (non-hydrogen) atoms. The molecule has 0 radical (unpaired) electrons. The first-order chi connectivity index (χ1) is 14.7. The lowest BCUT2D eigenvalue weighted by Gasteiger charge is -2.32. The fraction of sp³-hybridized carbons (Fsp3) is 0.273. The third kappa shape index (κ3) is 4.30. The molecule has 1 unspecified atom stereocenters. The number of pyridine rings is 2. The number of aryl methyl sites for hydroxylation is 1. The number of ether oxygens (including phenoxy) is 1. The van der Waals surface area contributed by atoms with Gasteiger partial charge in [-0.15, -0.1) is 10.2 Å². The Bertz CT molecular complexity index is 1160. The highest BCUT2D eigenvalue weighted by atomic mass is 32.1. The van der Waals surface area contributed by atoms with Crippen LogP contribution in [0.2, 0.25) is 0 Å². The van der Waals surface area contributed by atoms with Gasteiger partial charge in [-0.25, -0.2) is 4.98 Å². The van der Waals surface area contributed by atoms with Crippen molar-refractivity contribution in [3.63, 3.8) is 0 Å². The van der Waals surface area contributed by atoms with Crippen LogP contribution in [0.4, 0.5) is 10.9 Å². The zero-order valence-electron chi connectivity index (χ0n) is 16.7. The second-order valence-electron chi connectivity index (χ2n) is 7.32. The number of hydrogen-bond acceptors (Lipinski definition) is 8. The first-order valence-corrected chi connectivity index (χ1v) is 10.8. The summed E-state index contributed by atoms with van der Waals surface area (Å²) in [5, 5.41) is 14.2. The number of morpholine rings is 1. The molecular weight excluding hydrogens is 396 g/mol. The monoisotopic (exact) mass is 418 g/mol. The molecule has 152 valence electrons. The maximum absolute atomic E-state index is 6.04. The van der Waals surface area contributed by atoms with Gasteiger partial charge in [0.25, 0.3) is 0 Å². The van der Waals surface area contributed by atoms with Crippen LogP contribution in [0.5, 0.6) is 0 Å². The van der Waals surface area contributed by atoms with Crippen molar-refractivity contribution in [2.45, 2.75) is 19.6 Å². The van der Waals surface area contributed by atoms with Crippen LogP contribution in [0, 0.1) is 6.92 Å². The number of hydrogen-bond donors (Lipinski definition) is 1. The number of aromatic nitrogens is 4. The minimum absolute atomic E-state index is 0.0567. The molecular formula is C22H22N6OS. The zero-order valence-corrected chi connectivity index (χ0v) is 17.5. The van der Waals surface area contributed by atoms with Crippen LogP contribution in [0.25, 0.3) is 10.9 Å². The minimum Gasteiger partial charge on any atom is -0.369 e. The number of benzene rings is 1. The van der Waals surface area contributed by atoms with Gasteiger partial charge >= 0.3 is 0 Å². The van der Waals surface area contributed by atoms with Crippen LogP contribution in [0.15, 0.2) is 54.7 Å². The van der Waals surface area contributed by atoms with E-state index in [0.717, 1.165) is 46.8 Å². The smallest absolute Gasteiger partial charge is 0.211 e. The van der Waals surface area contributed by atoms with Crippen molar-refractivity contribution >= 4 is 33.2 Å². The summed E-state index contributed by atoms with van der Waals surface area (Å²) < 4.78 is 6.04. The van der Waals surface area contributed by atoms with Gasteiger partial charge in [0.05, 0.1) is 17.8 Å². The Morgan fingerprint density at radius 3 is 3.03 bits per heavy atom. The average Bonchev–Trinajstić information content (AvgIpc) is 3.18. The van der Waals surface area contributed by atoms with Crippen molar-refractivity contribution in [3.05, 3.63) is 71.0 Å². The quantitative estimate of drug-likeness (QED) is 0.523. The summed E-state index contributed by atoms with van der Waals surface area (Å²) in [6.45, 7) is 5.22. The van der Waals surface area contributed by atoms with Crippen LogP contribution in [-0.2, 0) is 11.3 Å². The van der Waals surface area contributed by atoms with Gasteiger partial charge in [-0.1, -0.05) is 29.5 Å². The lowest BCUT2D eigenvalue weighted by Crippen LogP contribution is -2.38. The third-order valence-corrected chi connectivity index (χ3v) is 5.84. The molecule has 1 atom stereocenters. The molecule has 4 aromatic rings. The van der Waals surface area contributed by atoms with Crippen LogP contribution < -0.4 is 5.32 Å². The van der Waals surface area contributed by atoms with E-state index in [9.17, 15) is 0 Å². The van der Waals surface area contributed by atoms with Crippen molar-refractivity contribution in [3.8, 4) is 0 Å². The molecule has 8 heteroatoms. The van der Waals surface area contributed by atoms with Gasteiger partial charge in [0.2, 0.25) is 5.13 Å². The molecule has 4 heterocycles. The Kier molecular flexibility index (Phi) is 5.35. The largest absolute Gasteiger partial charge is 0.369 e. The predicted octanol–water partition coefficient (Wildman–Crippen LogP) is 4.11. The fourth-order valence-corrected chi connectivity index (χ4v) is 4.26. The number of nitrogens with one attached hydrogen (secondary N) is 1. The number of rotatable bonds is 5. The number of fused-ring (bicyclic) bond motifs is 1. The van der Waals surface area contributed by atoms with Gasteiger partial charge in [0.15, 0.2) is 0 Å². The molecule has 0 bridgehead atoms. The van der Waals surface area contributed by atoms with Gasteiger partial charge in [-0.05, 0) is 42.8 Å². The number of nitrogens with zero attached hydrogens (tertiary/aromatic N) is 5. The van der Waals surface area contributed by atoms with Crippen molar-refractivity contribution in [1.29, 1.82) is 0 Å². The average molecular weight is 419 g/mol. The molecule has 5 rings (SSSR count). The van der Waals surface area contributed by atoms with Crippen molar-refractivity contribution in [2.24, 2.45) is 0 Å². The lowest BCUT2D eigenvalue weighted by atomic mass is 10.1. The SMILES string of the molecule is Cc1nnc(Nc2cccc(C3CN(Cc4ccc5ncccc5c4)CCO3)n2)s1. The molecule has 1 aliphatic heterocycles. The van der Waals surface area contributed by atoms with Gasteiger partial charge in [0.1, 0.15) is 16.9 Å². The van der Waals surface area contributed by atoms with E-state index in [-0.39, 0.29) is 6.10 Å². The molecule has 7 nitrogen and oxygen atoms in total. The van der Waals surface area contributed by atoms with Crippen molar-refractivity contribution in [2.75, 3.05) is 25.0 Å². The Morgan fingerprint density at radius 2 is 2.13 bits per heavy atom. The predicted molar refractivity (Wildman–Crippen MR) is 118 cm³/mol. The van der Waals surface area contributed by atoms with E-state index in [1.165, 1.54) is 22.3 Å². The maximum atomic E-state index is 6.04. The van der Waals surface area contributed by atoms with Crippen LogP contribution >= 0.6 is 11.3 Å². The Labute approximate surface area is 178 Å². The first-order valence-electron chi connectivity index (χ1n) is 9.95. The Morgan fingerprint density at radius 1 is 1.17 bits per heavy atom. The molecule has 1 aliphatic rings. The molecule has 0 spiro atoms. The van der Waals surface area contributed by atoms with Gasteiger partial charge in [0, 0.05) is 31.2 Å². The molecule has 1 saturated heterocycles. The molecule has 0 saturated carbocycles. The van der Waals surface area contributed by atoms with E-state index in [1.54, 1.807) is 0 Å². The van der Waals surface area contributed by atoms with E-state index in [1.807, 2.05) is 37.4 Å². The van der Waals surface area contributed by atoms with E-state index in [0.29, 0.717) is 6.61 Å². The summed E-state index contributed by atoms with van der Waals surface area (Å²) in [4.78, 5) is 11.6. The topological polar surface area (TPSA) is 76.1 Å². The van der Waals surface area contributed by atoms with Gasteiger partial charge in [-0.3, -0.25) is 9.88 Å². The maximum Gasteiger partial charge on any atom is 0.211 e. The summed E-state index contributed by atoms with van der Waals surface area (Å²) >= 11 is 1.51. The zero-order chi connectivity index (χ0) is 20.3. The Balaban J connectivity index is 1.28. The summed E-state index contributed by atoms with van der Waals surface area (Å²) in [6, 6.07) is 16.5. The lowest BCUT2D eigenvalue weighted by molar-refractivity contribution is -0.0349. The van der Waals surface area contributed by atoms with Crippen LogP contribution in [0.3, 0.4) is 0 Å². The van der Waals surface area contributed by atoms with Gasteiger partial charge < -0.3 is 10.1 Å². The number of anilines is 2. The van der Waals surface area contributed by atoms with Crippen molar-refractivity contribution < 1.29 is 4.74 Å². The molecule has 1 aromatic carbocycles. The first kappa shape index (κ1) is 19.0. The molecule has 1 fully saturated rings. The summed E-state index contributed by atoms with van der Waals surface area (Å²) in [5.74, 6) is 0.756. The third-order valence-electron chi connectivity index (χ3n) is 5.09. The standard InChI is InChI=1S/C22H22N6OS/c1-15-26-27-22(30-15)25-21-6-2-5-19(24-21)20-14-28(10-11-29-20)13-16-7-8-18-17(12-16)4-3-9-23-18/h2-9,12,20H,10-11,13-14H2,1H3,(H,24,25,27). The van der Waals surface area contributed by atoms with E-state index >= 15 is 0 Å². The van der Waals surface area contributed by atoms with Crippen molar-refractivity contribution in [1.82, 2.24) is 25.1 Å². The highest BCUT2D eigenvalue weighted by Crippen LogP contribution is 2.25. The van der Waals surface area contributed by atoms with E-state index < -0.39 is 0 Å². The Hall–Kier alpha value is -2.94. The highest BCUT2D eigenvalue weighted by molar-refractivity contribution is 7.15. The van der Waals surface area contributed by atoms with Crippen LogP contribution in [-0.4, -0.2) is 44.8 Å². The van der Waals surface area contributed by atoms with Crippen LogP contribution in [0.1, 0.15) is 22.4 Å². The minimum atomic E-state index is -0.0567. The summed E-state index contributed by atoms with van der Waals surface area (Å²) in [6.07, 6.45) is 1.77. The van der Waals surface area contributed by atoms with Gasteiger partial charge in [-0.2, -0.15) is 0 Å². The van der Waals surface area contributed by atoms with E-state index in [2.05, 4.69) is 49.7 Å². The summed E-state index contributed by atoms with van der Waals surface area (Å²) in [5.41, 5.74) is 3.24. The fourth-order valence-electron chi connectivity index (χ4n) is 3.66. The second-order valence-corrected chi connectivity index (χ2v) is 8.51. The second kappa shape index (κ2) is 8.43. The molecule has 0 amide bonds. The highest BCUT2D eigenvalue weighted by Gasteiger charge is 2.23. The molecule has 3 aromatic heterocycles. The molecule has 0 aliphatic carbocycles. The normalized spacial score (nSPS) is 17.3. The molecule has 1 N–H and O–H groups in total. The summed E-state index contributed by atoms with van der Waals surface area (Å²) in [7, 11) is 0. The van der Waals surface area contributed by atoms with E-state index in [4.69, 9.17) is 9.72 Å².